The van der Waals surface area contributed by atoms with Crippen LogP contribution in [-0.2, 0) is 7.05 Å². The van der Waals surface area contributed by atoms with Crippen molar-refractivity contribution in [2.24, 2.45) is 7.05 Å². The number of hydrogen-bond donors (Lipinski definition) is 0. The van der Waals surface area contributed by atoms with E-state index in [1.165, 1.54) is 5.56 Å². The maximum absolute atomic E-state index is 4.27. The van der Waals surface area contributed by atoms with Gasteiger partial charge >= 0.3 is 0 Å². The highest BCUT2D eigenvalue weighted by atomic mass is 15.0. The van der Waals surface area contributed by atoms with Gasteiger partial charge in [-0.15, -0.1) is 0 Å². The van der Waals surface area contributed by atoms with E-state index in [2.05, 4.69) is 16.9 Å². The van der Waals surface area contributed by atoms with E-state index >= 15 is 0 Å². The highest BCUT2D eigenvalue weighted by Gasteiger charge is 2.05. The van der Waals surface area contributed by atoms with Crippen LogP contribution in [0.25, 0.3) is 11.4 Å². The van der Waals surface area contributed by atoms with Crippen molar-refractivity contribution in [3.63, 3.8) is 0 Å². The largest absolute Gasteiger partial charge is 0.334 e. The molecule has 0 bridgehead atoms. The summed E-state index contributed by atoms with van der Waals surface area (Å²) in [6.45, 7) is 2.06. The Bertz CT molecular complexity index is 418. The highest BCUT2D eigenvalue weighted by Crippen LogP contribution is 2.18. The molecule has 13 heavy (non-hydrogen) atoms. The Hall–Kier alpha value is -1.64. The Morgan fingerprint density at radius 1 is 1.31 bits per heavy atom. The van der Waals surface area contributed by atoms with Crippen LogP contribution in [0.15, 0.2) is 30.9 Å². The van der Waals surface area contributed by atoms with Gasteiger partial charge in [0.05, 0.1) is 0 Å². The first-order valence-corrected chi connectivity index (χ1v) is 4.17. The van der Waals surface area contributed by atoms with Crippen molar-refractivity contribution in [3.8, 4) is 11.4 Å². The summed E-state index contributed by atoms with van der Waals surface area (Å²) in [4.78, 5) is 8.36. The average Bonchev–Trinajstić information content (AvgIpc) is 2.52. The van der Waals surface area contributed by atoms with Gasteiger partial charge in [-0.2, -0.15) is 0 Å². The summed E-state index contributed by atoms with van der Waals surface area (Å²) in [5.74, 6) is 0.964. The van der Waals surface area contributed by atoms with Crippen LogP contribution in [0.5, 0.6) is 0 Å². The second kappa shape index (κ2) is 3.01. The van der Waals surface area contributed by atoms with Crippen LogP contribution in [0.2, 0.25) is 0 Å². The Morgan fingerprint density at radius 2 is 2.15 bits per heavy atom. The summed E-state index contributed by atoms with van der Waals surface area (Å²) in [5.41, 5.74) is 2.29. The molecule has 0 aliphatic rings. The molecule has 2 heterocycles. The standard InChI is InChI=1S/C10H11N3/c1-8-3-4-11-7-9(8)10-12-5-6-13(10)2/h3-7H,1-2H3. The molecular formula is C10H11N3. The molecule has 2 rings (SSSR count). The van der Waals surface area contributed by atoms with Crippen LogP contribution in [0, 0.1) is 6.92 Å². The lowest BCUT2D eigenvalue weighted by molar-refractivity contribution is 0.921. The summed E-state index contributed by atoms with van der Waals surface area (Å²) >= 11 is 0. The lowest BCUT2D eigenvalue weighted by Gasteiger charge is -2.03. The quantitative estimate of drug-likeness (QED) is 0.658. The van der Waals surface area contributed by atoms with E-state index in [0.29, 0.717) is 0 Å². The number of rotatable bonds is 1. The maximum Gasteiger partial charge on any atom is 0.141 e. The fraction of sp³-hybridized carbons (Fsp3) is 0.200. The van der Waals surface area contributed by atoms with Gasteiger partial charge in [-0.1, -0.05) is 0 Å². The van der Waals surface area contributed by atoms with Gasteiger partial charge in [-0.3, -0.25) is 4.98 Å². The summed E-state index contributed by atoms with van der Waals surface area (Å²) < 4.78 is 1.99. The molecule has 0 radical (unpaired) electrons. The Morgan fingerprint density at radius 3 is 2.77 bits per heavy atom. The third kappa shape index (κ3) is 1.33. The molecule has 0 aliphatic carbocycles. The van der Waals surface area contributed by atoms with Crippen LogP contribution < -0.4 is 0 Å². The zero-order chi connectivity index (χ0) is 9.26. The Balaban J connectivity index is 2.59. The minimum atomic E-state index is 0.964. The Labute approximate surface area is 77.1 Å². The molecule has 0 saturated carbocycles. The second-order valence-corrected chi connectivity index (χ2v) is 3.05. The topological polar surface area (TPSA) is 30.7 Å². The second-order valence-electron chi connectivity index (χ2n) is 3.05. The molecule has 0 atom stereocenters. The van der Waals surface area contributed by atoms with Gasteiger partial charge in [0.1, 0.15) is 5.82 Å². The highest BCUT2D eigenvalue weighted by molar-refractivity contribution is 5.58. The molecule has 2 aromatic rings. The number of pyridine rings is 1. The van der Waals surface area contributed by atoms with E-state index in [-0.39, 0.29) is 0 Å². The monoisotopic (exact) mass is 173 g/mol. The van der Waals surface area contributed by atoms with Crippen LogP contribution in [0.4, 0.5) is 0 Å². The molecule has 0 spiro atoms. The maximum atomic E-state index is 4.27. The van der Waals surface area contributed by atoms with Crippen LogP contribution in [0.1, 0.15) is 5.56 Å². The van der Waals surface area contributed by atoms with E-state index in [1.54, 1.807) is 12.4 Å². The van der Waals surface area contributed by atoms with Gasteiger partial charge in [0.25, 0.3) is 0 Å². The first kappa shape index (κ1) is 7.98. The van der Waals surface area contributed by atoms with Crippen molar-refractivity contribution in [2.75, 3.05) is 0 Å². The summed E-state index contributed by atoms with van der Waals surface area (Å²) in [5, 5.41) is 0. The molecule has 0 N–H and O–H groups in total. The van der Waals surface area contributed by atoms with Crippen molar-refractivity contribution < 1.29 is 0 Å². The molecule has 0 amide bonds. The summed E-state index contributed by atoms with van der Waals surface area (Å²) in [7, 11) is 1.98. The molecular weight excluding hydrogens is 162 g/mol. The molecule has 0 aliphatic heterocycles. The number of hydrogen-bond acceptors (Lipinski definition) is 2. The lowest BCUT2D eigenvalue weighted by atomic mass is 10.1. The van der Waals surface area contributed by atoms with E-state index in [0.717, 1.165) is 11.4 Å². The van der Waals surface area contributed by atoms with Gasteiger partial charge in [0.15, 0.2) is 0 Å². The molecule has 0 aromatic carbocycles. The van der Waals surface area contributed by atoms with Gasteiger partial charge < -0.3 is 4.57 Å². The first-order valence-electron chi connectivity index (χ1n) is 4.17. The molecule has 2 aromatic heterocycles. The molecule has 0 saturated heterocycles. The van der Waals surface area contributed by atoms with Crippen molar-refractivity contribution in [1.82, 2.24) is 14.5 Å². The van der Waals surface area contributed by atoms with Crippen molar-refractivity contribution in [1.29, 1.82) is 0 Å². The predicted molar refractivity (Wildman–Crippen MR) is 51.2 cm³/mol. The van der Waals surface area contributed by atoms with E-state index in [1.807, 2.05) is 30.1 Å². The summed E-state index contributed by atoms with van der Waals surface area (Å²) in [6, 6.07) is 1.99. The van der Waals surface area contributed by atoms with Crippen molar-refractivity contribution in [3.05, 3.63) is 36.4 Å². The Kier molecular flexibility index (Phi) is 1.85. The van der Waals surface area contributed by atoms with Gasteiger partial charge in [-0.25, -0.2) is 4.98 Å². The SMILES string of the molecule is Cc1ccncc1-c1nccn1C. The van der Waals surface area contributed by atoms with E-state index in [4.69, 9.17) is 0 Å². The molecule has 66 valence electrons. The lowest BCUT2D eigenvalue weighted by Crippen LogP contribution is -1.93. The smallest absolute Gasteiger partial charge is 0.141 e. The fourth-order valence-electron chi connectivity index (χ4n) is 1.32. The number of nitrogens with zero attached hydrogens (tertiary/aromatic N) is 3. The normalized spacial score (nSPS) is 10.3. The minimum Gasteiger partial charge on any atom is -0.334 e. The minimum absolute atomic E-state index is 0.964. The van der Waals surface area contributed by atoms with E-state index in [9.17, 15) is 0 Å². The first-order chi connectivity index (χ1) is 6.29. The van der Waals surface area contributed by atoms with Crippen molar-refractivity contribution >= 4 is 0 Å². The fourth-order valence-corrected chi connectivity index (χ4v) is 1.32. The van der Waals surface area contributed by atoms with E-state index < -0.39 is 0 Å². The van der Waals surface area contributed by atoms with Crippen LogP contribution >= 0.6 is 0 Å². The molecule has 3 heteroatoms. The molecule has 0 unspecified atom stereocenters. The molecule has 0 fully saturated rings. The van der Waals surface area contributed by atoms with Crippen LogP contribution in [0.3, 0.4) is 0 Å². The molecule has 3 nitrogen and oxygen atoms in total. The average molecular weight is 173 g/mol. The van der Waals surface area contributed by atoms with Gasteiger partial charge in [-0.05, 0) is 18.6 Å². The van der Waals surface area contributed by atoms with Crippen LogP contribution in [-0.4, -0.2) is 14.5 Å². The number of imidazole rings is 1. The third-order valence-corrected chi connectivity index (χ3v) is 2.10. The predicted octanol–water partition coefficient (Wildman–Crippen LogP) is 1.79. The number of aryl methyl sites for hydroxylation is 2. The zero-order valence-corrected chi connectivity index (χ0v) is 7.73. The zero-order valence-electron chi connectivity index (χ0n) is 7.73. The summed E-state index contributed by atoms with van der Waals surface area (Å²) in [6.07, 6.45) is 7.36. The number of aromatic nitrogens is 3. The van der Waals surface area contributed by atoms with Gasteiger partial charge in [0, 0.05) is 37.4 Å². The van der Waals surface area contributed by atoms with Crippen molar-refractivity contribution in [2.45, 2.75) is 6.92 Å². The van der Waals surface area contributed by atoms with Gasteiger partial charge in [0.2, 0.25) is 0 Å². The third-order valence-electron chi connectivity index (χ3n) is 2.10.